The first-order valence-electron chi connectivity index (χ1n) is 6.17. The van der Waals surface area contributed by atoms with Gasteiger partial charge in [0.25, 0.3) is 0 Å². The van der Waals surface area contributed by atoms with Crippen LogP contribution in [-0.4, -0.2) is 30.7 Å². The maximum atomic E-state index is 5.62. The molecule has 0 radical (unpaired) electrons. The van der Waals surface area contributed by atoms with E-state index in [2.05, 4.69) is 49.2 Å². The molecule has 2 nitrogen and oxygen atoms in total. The molecule has 0 spiro atoms. The molecule has 0 amide bonds. The van der Waals surface area contributed by atoms with E-state index in [0.29, 0.717) is 12.2 Å². The highest BCUT2D eigenvalue weighted by Crippen LogP contribution is 2.27. The van der Waals surface area contributed by atoms with Crippen molar-refractivity contribution in [2.24, 2.45) is 0 Å². The minimum Gasteiger partial charge on any atom is -0.368 e. The molecule has 0 aliphatic carbocycles. The third-order valence-electron chi connectivity index (χ3n) is 3.05. The molecule has 1 fully saturated rings. The fourth-order valence-electron chi connectivity index (χ4n) is 2.15. The van der Waals surface area contributed by atoms with Gasteiger partial charge in [0.05, 0.1) is 12.2 Å². The third-order valence-corrected chi connectivity index (χ3v) is 3.05. The first-order valence-corrected chi connectivity index (χ1v) is 6.17. The van der Waals surface area contributed by atoms with E-state index in [0.717, 1.165) is 13.1 Å². The second-order valence-corrected chi connectivity index (χ2v) is 4.68. The van der Waals surface area contributed by atoms with Gasteiger partial charge in [-0.1, -0.05) is 43.7 Å². The molecule has 1 saturated heterocycles. The van der Waals surface area contributed by atoms with Crippen molar-refractivity contribution in [2.45, 2.75) is 38.5 Å². The van der Waals surface area contributed by atoms with Crippen LogP contribution >= 0.6 is 0 Å². The van der Waals surface area contributed by atoms with Crippen molar-refractivity contribution in [3.05, 3.63) is 35.9 Å². The fourth-order valence-corrected chi connectivity index (χ4v) is 2.15. The first-order chi connectivity index (χ1) is 7.79. The Morgan fingerprint density at radius 1 is 1.19 bits per heavy atom. The third kappa shape index (κ3) is 3.32. The lowest BCUT2D eigenvalue weighted by Crippen LogP contribution is -2.23. The summed E-state index contributed by atoms with van der Waals surface area (Å²) in [5, 5.41) is 0. The number of likely N-dealkylation sites (N-methyl/N-ethyl adjacent to an activating group) is 1. The van der Waals surface area contributed by atoms with Crippen molar-refractivity contribution in [3.8, 4) is 0 Å². The lowest BCUT2D eigenvalue weighted by molar-refractivity contribution is 0.274. The SMILES string of the molecule is CCC[C@H]1O[C@@H]1CN(C)Cc1ccccc1. The van der Waals surface area contributed by atoms with Gasteiger partial charge < -0.3 is 4.74 Å². The second kappa shape index (κ2) is 5.46. The molecule has 1 heterocycles. The monoisotopic (exact) mass is 219 g/mol. The minimum atomic E-state index is 0.480. The molecule has 0 unspecified atom stereocenters. The standard InChI is InChI=1S/C14H21NO/c1-3-7-13-14(16-13)11-15(2)10-12-8-5-4-6-9-12/h4-6,8-9,13-14H,3,7,10-11H2,1-2H3/t13-,14-/m1/s1. The van der Waals surface area contributed by atoms with Crippen LogP contribution in [0, 0.1) is 0 Å². The van der Waals surface area contributed by atoms with E-state index in [4.69, 9.17) is 4.74 Å². The topological polar surface area (TPSA) is 15.8 Å². The fraction of sp³-hybridized carbons (Fsp3) is 0.571. The average Bonchev–Trinajstić information content (AvgIpc) is 2.98. The van der Waals surface area contributed by atoms with E-state index in [9.17, 15) is 0 Å². The number of ether oxygens (including phenoxy) is 1. The zero-order valence-corrected chi connectivity index (χ0v) is 10.2. The van der Waals surface area contributed by atoms with Crippen LogP contribution in [0.25, 0.3) is 0 Å². The Hall–Kier alpha value is -0.860. The maximum Gasteiger partial charge on any atom is 0.0968 e. The van der Waals surface area contributed by atoms with Gasteiger partial charge in [0.15, 0.2) is 0 Å². The molecule has 1 aromatic carbocycles. The zero-order chi connectivity index (χ0) is 11.4. The molecule has 2 rings (SSSR count). The Morgan fingerprint density at radius 3 is 2.62 bits per heavy atom. The molecular formula is C14H21NO. The molecule has 0 N–H and O–H groups in total. The van der Waals surface area contributed by atoms with Gasteiger partial charge in [-0.2, -0.15) is 0 Å². The summed E-state index contributed by atoms with van der Waals surface area (Å²) in [5.41, 5.74) is 1.37. The Kier molecular flexibility index (Phi) is 3.97. The highest BCUT2D eigenvalue weighted by Gasteiger charge is 2.37. The zero-order valence-electron chi connectivity index (χ0n) is 10.2. The molecule has 1 aliphatic rings. The van der Waals surface area contributed by atoms with Crippen molar-refractivity contribution in [3.63, 3.8) is 0 Å². The quantitative estimate of drug-likeness (QED) is 0.684. The van der Waals surface area contributed by atoms with Crippen molar-refractivity contribution < 1.29 is 4.74 Å². The molecule has 88 valence electrons. The van der Waals surface area contributed by atoms with E-state index in [1.54, 1.807) is 0 Å². The summed E-state index contributed by atoms with van der Waals surface area (Å²) < 4.78 is 5.62. The van der Waals surface area contributed by atoms with E-state index in [1.165, 1.54) is 18.4 Å². The smallest absolute Gasteiger partial charge is 0.0968 e. The van der Waals surface area contributed by atoms with Gasteiger partial charge >= 0.3 is 0 Å². The average molecular weight is 219 g/mol. The molecule has 16 heavy (non-hydrogen) atoms. The highest BCUT2D eigenvalue weighted by molar-refractivity contribution is 5.14. The summed E-state index contributed by atoms with van der Waals surface area (Å²) in [5.74, 6) is 0. The van der Waals surface area contributed by atoms with Crippen LogP contribution in [0.4, 0.5) is 0 Å². The van der Waals surface area contributed by atoms with E-state index in [1.807, 2.05) is 0 Å². The lowest BCUT2D eigenvalue weighted by atomic mass is 10.2. The van der Waals surface area contributed by atoms with Crippen molar-refractivity contribution in [2.75, 3.05) is 13.6 Å². The van der Waals surface area contributed by atoms with Gasteiger partial charge in [-0.15, -0.1) is 0 Å². The predicted molar refractivity (Wildman–Crippen MR) is 66.3 cm³/mol. The van der Waals surface area contributed by atoms with Crippen LogP contribution in [-0.2, 0) is 11.3 Å². The van der Waals surface area contributed by atoms with Gasteiger partial charge in [-0.25, -0.2) is 0 Å². The molecule has 0 aromatic heterocycles. The summed E-state index contributed by atoms with van der Waals surface area (Å²) >= 11 is 0. The normalized spacial score (nSPS) is 23.7. The van der Waals surface area contributed by atoms with Crippen LogP contribution in [0.3, 0.4) is 0 Å². The summed E-state index contributed by atoms with van der Waals surface area (Å²) in [6.07, 6.45) is 3.45. The van der Waals surface area contributed by atoms with Crippen molar-refractivity contribution in [1.82, 2.24) is 4.90 Å². The Bertz CT molecular complexity index is 312. The van der Waals surface area contributed by atoms with E-state index < -0.39 is 0 Å². The maximum absolute atomic E-state index is 5.62. The molecule has 1 aromatic rings. The summed E-state index contributed by atoms with van der Waals surface area (Å²) in [7, 11) is 2.16. The molecule has 1 aliphatic heterocycles. The van der Waals surface area contributed by atoms with Crippen LogP contribution < -0.4 is 0 Å². The number of epoxide rings is 1. The van der Waals surface area contributed by atoms with E-state index in [-0.39, 0.29) is 0 Å². The summed E-state index contributed by atoms with van der Waals surface area (Å²) in [6.45, 7) is 4.28. The van der Waals surface area contributed by atoms with Gasteiger partial charge in [-0.05, 0) is 19.0 Å². The highest BCUT2D eigenvalue weighted by atomic mass is 16.6. The molecular weight excluding hydrogens is 198 g/mol. The number of hydrogen-bond donors (Lipinski definition) is 0. The van der Waals surface area contributed by atoms with E-state index >= 15 is 0 Å². The second-order valence-electron chi connectivity index (χ2n) is 4.68. The van der Waals surface area contributed by atoms with Gasteiger partial charge in [0.2, 0.25) is 0 Å². The Morgan fingerprint density at radius 2 is 1.94 bits per heavy atom. The van der Waals surface area contributed by atoms with Gasteiger partial charge in [0, 0.05) is 13.1 Å². The molecule has 2 heteroatoms. The van der Waals surface area contributed by atoms with Crippen LogP contribution in [0.15, 0.2) is 30.3 Å². The number of benzene rings is 1. The lowest BCUT2D eigenvalue weighted by Gasteiger charge is -2.15. The van der Waals surface area contributed by atoms with Crippen LogP contribution in [0.1, 0.15) is 25.3 Å². The van der Waals surface area contributed by atoms with Crippen LogP contribution in [0.5, 0.6) is 0 Å². The van der Waals surface area contributed by atoms with Crippen molar-refractivity contribution >= 4 is 0 Å². The minimum absolute atomic E-state index is 0.480. The predicted octanol–water partition coefficient (Wildman–Crippen LogP) is 2.69. The summed E-state index contributed by atoms with van der Waals surface area (Å²) in [6, 6.07) is 10.6. The molecule has 0 saturated carbocycles. The Balaban J connectivity index is 1.71. The first kappa shape index (κ1) is 11.6. The van der Waals surface area contributed by atoms with Crippen molar-refractivity contribution in [1.29, 1.82) is 0 Å². The number of nitrogens with zero attached hydrogens (tertiary/aromatic N) is 1. The summed E-state index contributed by atoms with van der Waals surface area (Å²) in [4.78, 5) is 2.34. The van der Waals surface area contributed by atoms with Crippen LogP contribution in [0.2, 0.25) is 0 Å². The number of rotatable bonds is 6. The van der Waals surface area contributed by atoms with Gasteiger partial charge in [0.1, 0.15) is 0 Å². The van der Waals surface area contributed by atoms with Gasteiger partial charge in [-0.3, -0.25) is 4.90 Å². The largest absolute Gasteiger partial charge is 0.368 e. The molecule has 0 bridgehead atoms. The number of hydrogen-bond acceptors (Lipinski definition) is 2. The Labute approximate surface area is 98.2 Å². The molecule has 2 atom stereocenters.